The third-order valence-corrected chi connectivity index (χ3v) is 6.03. The average molecular weight is 390 g/mol. The number of benzene rings is 1. The molecule has 0 aliphatic carbocycles. The largest absolute Gasteiger partial charge is 0.493 e. The van der Waals surface area contributed by atoms with Crippen molar-refractivity contribution in [3.05, 3.63) is 18.5 Å². The van der Waals surface area contributed by atoms with Crippen molar-refractivity contribution in [1.29, 1.82) is 0 Å². The van der Waals surface area contributed by atoms with Crippen molar-refractivity contribution in [2.24, 2.45) is 0 Å². The molecule has 8 heteroatoms. The Labute approximate surface area is 164 Å². The van der Waals surface area contributed by atoms with Gasteiger partial charge >= 0.3 is 0 Å². The summed E-state index contributed by atoms with van der Waals surface area (Å²) in [6.45, 7) is 7.72. The summed E-state index contributed by atoms with van der Waals surface area (Å²) in [6, 6.07) is 3.99. The number of hydrogen-bond acceptors (Lipinski definition) is 8. The molecule has 2 aliphatic rings. The van der Waals surface area contributed by atoms with Gasteiger partial charge < -0.3 is 19.7 Å². The first-order valence-corrected chi connectivity index (χ1v) is 10.7. The maximum atomic E-state index is 6.07. The number of hydrogen-bond donors (Lipinski definition) is 1. The van der Waals surface area contributed by atoms with Crippen molar-refractivity contribution < 1.29 is 9.47 Å². The van der Waals surface area contributed by atoms with Gasteiger partial charge in [-0.25, -0.2) is 9.97 Å². The third-order valence-electron chi connectivity index (χ3n) is 5.09. The van der Waals surface area contributed by atoms with Gasteiger partial charge in [0.1, 0.15) is 18.8 Å². The van der Waals surface area contributed by atoms with Crippen LogP contribution in [0.3, 0.4) is 0 Å². The summed E-state index contributed by atoms with van der Waals surface area (Å²) in [5.74, 6) is 4.89. The molecule has 0 atom stereocenters. The molecule has 1 aromatic carbocycles. The fraction of sp³-hybridized carbons (Fsp3) is 0.579. The van der Waals surface area contributed by atoms with Gasteiger partial charge in [-0.1, -0.05) is 0 Å². The standard InChI is InChI=1S/C19H27N5O2S/c1-25-17-12-15-16(21-14-22-19(15)24-4-2-20-3-5-24)13-18(17)26-9-6-23-7-10-27-11-8-23/h12-14,20H,2-11H2,1H3. The van der Waals surface area contributed by atoms with E-state index in [0.717, 1.165) is 74.0 Å². The van der Waals surface area contributed by atoms with Gasteiger partial charge in [-0.3, -0.25) is 4.90 Å². The minimum atomic E-state index is 0.655. The molecule has 0 unspecified atom stereocenters. The number of ether oxygens (including phenoxy) is 2. The number of thioether (sulfide) groups is 1. The molecule has 4 rings (SSSR count). The summed E-state index contributed by atoms with van der Waals surface area (Å²) in [5.41, 5.74) is 0.892. The zero-order chi connectivity index (χ0) is 18.5. The van der Waals surface area contributed by atoms with Crippen LogP contribution < -0.4 is 19.7 Å². The van der Waals surface area contributed by atoms with Gasteiger partial charge in [0.15, 0.2) is 11.5 Å². The van der Waals surface area contributed by atoms with Crippen LogP contribution in [0.1, 0.15) is 0 Å². The lowest BCUT2D eigenvalue weighted by molar-refractivity contribution is 0.217. The third kappa shape index (κ3) is 4.39. The van der Waals surface area contributed by atoms with Crippen molar-refractivity contribution in [2.75, 3.05) is 75.9 Å². The highest BCUT2D eigenvalue weighted by molar-refractivity contribution is 7.99. The second-order valence-corrected chi connectivity index (χ2v) is 7.98. The van der Waals surface area contributed by atoms with Gasteiger partial charge in [0.2, 0.25) is 0 Å². The number of methoxy groups -OCH3 is 1. The molecule has 2 aliphatic heterocycles. The highest BCUT2D eigenvalue weighted by Gasteiger charge is 2.18. The molecule has 146 valence electrons. The van der Waals surface area contributed by atoms with Crippen molar-refractivity contribution in [1.82, 2.24) is 20.2 Å². The molecule has 1 N–H and O–H groups in total. The Balaban J connectivity index is 1.52. The van der Waals surface area contributed by atoms with E-state index in [1.165, 1.54) is 11.5 Å². The topological polar surface area (TPSA) is 62.8 Å². The minimum Gasteiger partial charge on any atom is -0.493 e. The molecule has 0 bridgehead atoms. The van der Waals surface area contributed by atoms with Gasteiger partial charge in [0, 0.05) is 68.8 Å². The van der Waals surface area contributed by atoms with E-state index in [9.17, 15) is 0 Å². The molecule has 0 radical (unpaired) electrons. The summed E-state index contributed by atoms with van der Waals surface area (Å²) in [7, 11) is 1.68. The van der Waals surface area contributed by atoms with E-state index in [-0.39, 0.29) is 0 Å². The molecule has 27 heavy (non-hydrogen) atoms. The van der Waals surface area contributed by atoms with Crippen LogP contribution in [0.15, 0.2) is 18.5 Å². The predicted molar refractivity (Wildman–Crippen MR) is 110 cm³/mol. The SMILES string of the molecule is COc1cc2c(N3CCNCC3)ncnc2cc1OCCN1CCSCC1. The van der Waals surface area contributed by atoms with E-state index in [0.29, 0.717) is 6.61 Å². The van der Waals surface area contributed by atoms with Crippen LogP contribution in [-0.2, 0) is 0 Å². The van der Waals surface area contributed by atoms with Crippen molar-refractivity contribution in [2.45, 2.75) is 0 Å². The van der Waals surface area contributed by atoms with E-state index in [2.05, 4.69) is 25.1 Å². The molecule has 1 aromatic heterocycles. The Morgan fingerprint density at radius 2 is 1.89 bits per heavy atom. The van der Waals surface area contributed by atoms with Crippen LogP contribution in [0.2, 0.25) is 0 Å². The average Bonchev–Trinajstić information content (AvgIpc) is 2.74. The van der Waals surface area contributed by atoms with Gasteiger partial charge in [-0.05, 0) is 6.07 Å². The molecule has 0 saturated carbocycles. The van der Waals surface area contributed by atoms with Crippen LogP contribution >= 0.6 is 11.8 Å². The van der Waals surface area contributed by atoms with E-state index in [4.69, 9.17) is 9.47 Å². The number of nitrogens with zero attached hydrogens (tertiary/aromatic N) is 4. The maximum absolute atomic E-state index is 6.07. The molecule has 2 saturated heterocycles. The Morgan fingerprint density at radius 3 is 2.67 bits per heavy atom. The highest BCUT2D eigenvalue weighted by Crippen LogP contribution is 2.35. The molecule has 3 heterocycles. The minimum absolute atomic E-state index is 0.655. The Morgan fingerprint density at radius 1 is 1.07 bits per heavy atom. The van der Waals surface area contributed by atoms with Crippen LogP contribution in [-0.4, -0.2) is 85.9 Å². The number of rotatable bonds is 6. The second-order valence-electron chi connectivity index (χ2n) is 6.76. The smallest absolute Gasteiger partial charge is 0.163 e. The molecule has 7 nitrogen and oxygen atoms in total. The Bertz CT molecular complexity index is 763. The van der Waals surface area contributed by atoms with Crippen molar-refractivity contribution >= 4 is 28.5 Å². The van der Waals surface area contributed by atoms with Crippen LogP contribution in [0, 0.1) is 0 Å². The second kappa shape index (κ2) is 8.95. The first kappa shape index (κ1) is 18.6. The summed E-state index contributed by atoms with van der Waals surface area (Å²) in [6.07, 6.45) is 1.64. The monoisotopic (exact) mass is 389 g/mol. The molecular weight excluding hydrogens is 362 g/mol. The lowest BCUT2D eigenvalue weighted by Gasteiger charge is -2.29. The van der Waals surface area contributed by atoms with E-state index in [1.807, 2.05) is 23.9 Å². The number of anilines is 1. The predicted octanol–water partition coefficient (Wildman–Crippen LogP) is 1.48. The van der Waals surface area contributed by atoms with E-state index < -0.39 is 0 Å². The van der Waals surface area contributed by atoms with E-state index >= 15 is 0 Å². The molecule has 2 aromatic rings. The van der Waals surface area contributed by atoms with Gasteiger partial charge in [0.25, 0.3) is 0 Å². The van der Waals surface area contributed by atoms with Gasteiger partial charge in [-0.2, -0.15) is 11.8 Å². The highest BCUT2D eigenvalue weighted by atomic mass is 32.2. The zero-order valence-corrected chi connectivity index (χ0v) is 16.6. The first-order valence-electron chi connectivity index (χ1n) is 9.56. The maximum Gasteiger partial charge on any atom is 0.163 e. The van der Waals surface area contributed by atoms with Crippen LogP contribution in [0.4, 0.5) is 5.82 Å². The normalized spacial score (nSPS) is 18.6. The lowest BCUT2D eigenvalue weighted by atomic mass is 10.2. The Kier molecular flexibility index (Phi) is 6.16. The molecular formula is C19H27N5O2S. The number of fused-ring (bicyclic) bond motifs is 1. The summed E-state index contributed by atoms with van der Waals surface area (Å²) < 4.78 is 11.7. The summed E-state index contributed by atoms with van der Waals surface area (Å²) >= 11 is 2.02. The van der Waals surface area contributed by atoms with E-state index in [1.54, 1.807) is 13.4 Å². The molecule has 2 fully saturated rings. The first-order chi connectivity index (χ1) is 13.3. The molecule has 0 amide bonds. The summed E-state index contributed by atoms with van der Waals surface area (Å²) in [4.78, 5) is 13.8. The van der Waals surface area contributed by atoms with Gasteiger partial charge in [0.05, 0.1) is 12.6 Å². The van der Waals surface area contributed by atoms with Crippen LogP contribution in [0.25, 0.3) is 10.9 Å². The molecule has 0 spiro atoms. The fourth-order valence-corrected chi connectivity index (χ4v) is 4.54. The van der Waals surface area contributed by atoms with Crippen molar-refractivity contribution in [3.63, 3.8) is 0 Å². The quantitative estimate of drug-likeness (QED) is 0.797. The van der Waals surface area contributed by atoms with Crippen molar-refractivity contribution in [3.8, 4) is 11.5 Å². The zero-order valence-electron chi connectivity index (χ0n) is 15.8. The lowest BCUT2D eigenvalue weighted by Crippen LogP contribution is -2.44. The number of nitrogens with one attached hydrogen (secondary N) is 1. The number of aromatic nitrogens is 2. The fourth-order valence-electron chi connectivity index (χ4n) is 3.56. The summed E-state index contributed by atoms with van der Waals surface area (Å²) in [5, 5.41) is 4.39. The number of piperazine rings is 1. The van der Waals surface area contributed by atoms with Crippen LogP contribution in [0.5, 0.6) is 11.5 Å². The Hall–Kier alpha value is -1.77. The van der Waals surface area contributed by atoms with Gasteiger partial charge in [-0.15, -0.1) is 0 Å².